The normalized spacial score (nSPS) is 9.57. The molecule has 0 radical (unpaired) electrons. The average Bonchev–Trinajstić information content (AvgIpc) is 2.13. The van der Waals surface area contributed by atoms with Crippen molar-refractivity contribution in [3.8, 4) is 0 Å². The number of rotatable bonds is 2. The van der Waals surface area contributed by atoms with E-state index in [-0.39, 0.29) is 11.2 Å². The fourth-order valence-corrected chi connectivity index (χ4v) is 1.03. The molecule has 1 amide bonds. The third-order valence-electron chi connectivity index (χ3n) is 1.63. The second-order valence-electron chi connectivity index (χ2n) is 2.82. The summed E-state index contributed by atoms with van der Waals surface area (Å²) in [4.78, 5) is 22.4. The number of anilines is 1. The summed E-state index contributed by atoms with van der Waals surface area (Å²) >= 11 is 0. The zero-order valence-corrected chi connectivity index (χ0v) is 8.07. The summed E-state index contributed by atoms with van der Waals surface area (Å²) in [5.74, 6) is -0.410. The zero-order chi connectivity index (χ0) is 10.7. The Morgan fingerprint density at radius 3 is 2.93 bits per heavy atom. The van der Waals surface area contributed by atoms with Gasteiger partial charge in [0.05, 0.1) is 5.69 Å². The maximum Gasteiger partial charge on any atom is 0.290 e. The van der Waals surface area contributed by atoms with Gasteiger partial charge in [-0.1, -0.05) is 6.58 Å². The van der Waals surface area contributed by atoms with Gasteiger partial charge in [-0.15, -0.1) is 0 Å². The number of nitrogens with zero attached hydrogens (tertiary/aromatic N) is 2. The molecule has 1 aromatic rings. The van der Waals surface area contributed by atoms with Gasteiger partial charge in [-0.05, 0) is 19.1 Å². The molecule has 5 nitrogen and oxygen atoms in total. The highest BCUT2D eigenvalue weighted by Crippen LogP contribution is 2.00. The molecule has 1 heterocycles. The Kier molecular flexibility index (Phi) is 2.81. The lowest BCUT2D eigenvalue weighted by Gasteiger charge is -2.04. The molecule has 0 aliphatic rings. The zero-order valence-electron chi connectivity index (χ0n) is 8.07. The second-order valence-corrected chi connectivity index (χ2v) is 2.82. The molecule has 0 spiro atoms. The number of carbonyl (C=O) groups is 1. The minimum absolute atomic E-state index is 0.213. The third-order valence-corrected chi connectivity index (χ3v) is 1.63. The van der Waals surface area contributed by atoms with Gasteiger partial charge >= 0.3 is 0 Å². The van der Waals surface area contributed by atoms with Crippen LogP contribution in [0.4, 0.5) is 5.69 Å². The van der Waals surface area contributed by atoms with Crippen LogP contribution in [0.1, 0.15) is 5.69 Å². The molecule has 74 valence electrons. The van der Waals surface area contributed by atoms with Gasteiger partial charge in [-0.25, -0.2) is 4.68 Å². The highest BCUT2D eigenvalue weighted by Gasteiger charge is 2.05. The van der Waals surface area contributed by atoms with Gasteiger partial charge in [-0.3, -0.25) is 9.59 Å². The molecule has 0 bridgehead atoms. The summed E-state index contributed by atoms with van der Waals surface area (Å²) in [7, 11) is 1.53. The summed E-state index contributed by atoms with van der Waals surface area (Å²) in [6, 6.07) is 1.52. The van der Waals surface area contributed by atoms with Crippen molar-refractivity contribution in [3.63, 3.8) is 0 Å². The minimum atomic E-state index is -0.410. The smallest absolute Gasteiger partial charge is 0.290 e. The number of aromatic nitrogens is 2. The van der Waals surface area contributed by atoms with Crippen molar-refractivity contribution >= 4 is 11.6 Å². The molecule has 1 N–H and O–H groups in total. The molecule has 14 heavy (non-hydrogen) atoms. The molecular formula is C9H11N3O2. The van der Waals surface area contributed by atoms with Gasteiger partial charge in [0.1, 0.15) is 5.69 Å². The number of aryl methyl sites for hydroxylation is 2. The maximum absolute atomic E-state index is 11.4. The first-order valence-electron chi connectivity index (χ1n) is 4.03. The van der Waals surface area contributed by atoms with Crippen LogP contribution in [-0.2, 0) is 11.8 Å². The van der Waals surface area contributed by atoms with E-state index in [1.165, 1.54) is 17.8 Å². The van der Waals surface area contributed by atoms with Crippen LogP contribution in [0.3, 0.4) is 0 Å². The van der Waals surface area contributed by atoms with E-state index in [4.69, 9.17) is 0 Å². The molecule has 0 aliphatic heterocycles. The molecule has 0 atom stereocenters. The highest BCUT2D eigenvalue weighted by atomic mass is 16.2. The van der Waals surface area contributed by atoms with Crippen LogP contribution in [0, 0.1) is 6.92 Å². The van der Waals surface area contributed by atoms with Crippen molar-refractivity contribution < 1.29 is 4.79 Å². The minimum Gasteiger partial charge on any atom is -0.318 e. The summed E-state index contributed by atoms with van der Waals surface area (Å²) < 4.78 is 1.17. The number of amides is 1. The number of carbonyl (C=O) groups excluding carboxylic acids is 1. The van der Waals surface area contributed by atoms with Crippen molar-refractivity contribution in [1.29, 1.82) is 0 Å². The summed E-state index contributed by atoms with van der Waals surface area (Å²) in [6.07, 6.45) is 1.11. The number of nitrogens with one attached hydrogen (secondary N) is 1. The average molecular weight is 193 g/mol. The fourth-order valence-electron chi connectivity index (χ4n) is 1.03. The van der Waals surface area contributed by atoms with Crippen LogP contribution < -0.4 is 10.9 Å². The monoisotopic (exact) mass is 193 g/mol. The number of hydrogen-bond donors (Lipinski definition) is 1. The van der Waals surface area contributed by atoms with Gasteiger partial charge in [0.2, 0.25) is 5.91 Å². The van der Waals surface area contributed by atoms with Crippen molar-refractivity contribution in [3.05, 3.63) is 34.8 Å². The van der Waals surface area contributed by atoms with E-state index in [0.717, 1.165) is 6.08 Å². The van der Waals surface area contributed by atoms with Gasteiger partial charge in [-0.2, -0.15) is 5.10 Å². The predicted molar refractivity (Wildman–Crippen MR) is 53.0 cm³/mol. The molecule has 0 fully saturated rings. The predicted octanol–water partition coefficient (Wildman–Crippen LogP) is 0.213. The van der Waals surface area contributed by atoms with E-state index >= 15 is 0 Å². The molecule has 0 aliphatic carbocycles. The quantitative estimate of drug-likeness (QED) is 0.683. The van der Waals surface area contributed by atoms with E-state index in [0.29, 0.717) is 5.69 Å². The van der Waals surface area contributed by atoms with Crippen LogP contribution >= 0.6 is 0 Å². The molecule has 0 aromatic carbocycles. The molecular weight excluding hydrogens is 182 g/mol. The van der Waals surface area contributed by atoms with Gasteiger partial charge in [0.15, 0.2) is 0 Å². The molecule has 5 heteroatoms. The Morgan fingerprint density at radius 2 is 2.36 bits per heavy atom. The fraction of sp³-hybridized carbons (Fsp3) is 0.222. The topological polar surface area (TPSA) is 64.0 Å². The standard InChI is InChI=1S/C9H11N3O2/c1-4-8(13)10-7-5-6(2)11-12(3)9(7)14/h4-5H,1H2,2-3H3,(H,10,13). The Bertz CT molecular complexity index is 434. The molecule has 1 aromatic heterocycles. The van der Waals surface area contributed by atoms with Crippen molar-refractivity contribution in [1.82, 2.24) is 9.78 Å². The summed E-state index contributed by atoms with van der Waals surface area (Å²) in [6.45, 7) is 5.03. The number of hydrogen-bond acceptors (Lipinski definition) is 3. The second kappa shape index (κ2) is 3.87. The largest absolute Gasteiger partial charge is 0.318 e. The maximum atomic E-state index is 11.4. The molecule has 1 rings (SSSR count). The van der Waals surface area contributed by atoms with Crippen LogP contribution in [0.25, 0.3) is 0 Å². The van der Waals surface area contributed by atoms with Crippen molar-refractivity contribution in [2.75, 3.05) is 5.32 Å². The van der Waals surface area contributed by atoms with Gasteiger partial charge in [0, 0.05) is 7.05 Å². The van der Waals surface area contributed by atoms with E-state index in [9.17, 15) is 9.59 Å². The van der Waals surface area contributed by atoms with Gasteiger partial charge in [0.25, 0.3) is 5.56 Å². The Hall–Kier alpha value is -1.91. The highest BCUT2D eigenvalue weighted by molar-refractivity contribution is 5.98. The van der Waals surface area contributed by atoms with Gasteiger partial charge < -0.3 is 5.32 Å². The third kappa shape index (κ3) is 2.07. The van der Waals surface area contributed by atoms with Crippen molar-refractivity contribution in [2.45, 2.75) is 6.92 Å². The van der Waals surface area contributed by atoms with Crippen LogP contribution in [0.2, 0.25) is 0 Å². The SMILES string of the molecule is C=CC(=O)Nc1cc(C)nn(C)c1=O. The first kappa shape index (κ1) is 10.2. The molecule has 0 saturated carbocycles. The Morgan fingerprint density at radius 1 is 1.71 bits per heavy atom. The van der Waals surface area contributed by atoms with Crippen molar-refractivity contribution in [2.24, 2.45) is 7.05 Å². The first-order chi connectivity index (χ1) is 6.54. The van der Waals surface area contributed by atoms with E-state index in [1.54, 1.807) is 6.92 Å². The van der Waals surface area contributed by atoms with Crippen LogP contribution in [0.15, 0.2) is 23.5 Å². The lowest BCUT2D eigenvalue weighted by molar-refractivity contribution is -0.111. The molecule has 0 saturated heterocycles. The summed E-state index contributed by atoms with van der Waals surface area (Å²) in [5.41, 5.74) is 0.530. The first-order valence-corrected chi connectivity index (χ1v) is 4.03. The lowest BCUT2D eigenvalue weighted by Crippen LogP contribution is -2.25. The molecule has 0 unspecified atom stereocenters. The summed E-state index contributed by atoms with van der Waals surface area (Å²) in [5, 5.41) is 6.31. The van der Waals surface area contributed by atoms with Crippen LogP contribution in [-0.4, -0.2) is 15.7 Å². The lowest BCUT2D eigenvalue weighted by atomic mass is 10.3. The Labute approximate surface area is 81.1 Å². The van der Waals surface area contributed by atoms with E-state index < -0.39 is 5.91 Å². The van der Waals surface area contributed by atoms with E-state index in [1.807, 2.05) is 0 Å². The van der Waals surface area contributed by atoms with Crippen LogP contribution in [0.5, 0.6) is 0 Å². The Balaban J connectivity index is 3.14. The van der Waals surface area contributed by atoms with E-state index in [2.05, 4.69) is 17.0 Å².